The molecule has 0 radical (unpaired) electrons. The van der Waals surface area contributed by atoms with E-state index in [-0.39, 0.29) is 18.1 Å². The summed E-state index contributed by atoms with van der Waals surface area (Å²) in [6, 6.07) is 0.0207. The number of nitrogens with zero attached hydrogens (tertiary/aromatic N) is 2. The minimum Gasteiger partial charge on any atom is -0.378 e. The van der Waals surface area contributed by atoms with Crippen molar-refractivity contribution < 1.29 is 9.53 Å². The molecule has 0 aliphatic carbocycles. The van der Waals surface area contributed by atoms with Gasteiger partial charge in [-0.1, -0.05) is 0 Å². The van der Waals surface area contributed by atoms with E-state index in [0.29, 0.717) is 5.69 Å². The van der Waals surface area contributed by atoms with Gasteiger partial charge in [0.05, 0.1) is 24.7 Å². The molecule has 16 heavy (non-hydrogen) atoms. The predicted octanol–water partition coefficient (Wildman–Crippen LogP) is -0.863. The highest BCUT2D eigenvalue weighted by Gasteiger charge is 2.28. The first-order valence-electron chi connectivity index (χ1n) is 5.23. The van der Waals surface area contributed by atoms with E-state index < -0.39 is 0 Å². The normalized spacial score (nSPS) is 24.6. The van der Waals surface area contributed by atoms with Crippen molar-refractivity contribution in [3.05, 3.63) is 18.2 Å². The summed E-state index contributed by atoms with van der Waals surface area (Å²) in [5.41, 5.74) is 0.557. The lowest BCUT2D eigenvalue weighted by molar-refractivity contribution is 0.0774. The highest BCUT2D eigenvalue weighted by molar-refractivity contribution is 5.92. The SMILES string of the molecule is CO[C@H]1CNCC1NC(=O)c1cncn1C. The van der Waals surface area contributed by atoms with Crippen LogP contribution in [0.15, 0.2) is 12.5 Å². The van der Waals surface area contributed by atoms with Gasteiger partial charge >= 0.3 is 0 Å². The second-order valence-electron chi connectivity index (χ2n) is 3.90. The molecule has 2 N–H and O–H groups in total. The van der Waals surface area contributed by atoms with Crippen molar-refractivity contribution in [2.24, 2.45) is 7.05 Å². The van der Waals surface area contributed by atoms with Crippen LogP contribution in [0.25, 0.3) is 0 Å². The van der Waals surface area contributed by atoms with Crippen molar-refractivity contribution in [1.82, 2.24) is 20.2 Å². The van der Waals surface area contributed by atoms with Crippen molar-refractivity contribution in [2.75, 3.05) is 20.2 Å². The van der Waals surface area contributed by atoms with Crippen LogP contribution in [0.5, 0.6) is 0 Å². The maximum atomic E-state index is 11.9. The summed E-state index contributed by atoms with van der Waals surface area (Å²) >= 11 is 0. The minimum atomic E-state index is -0.115. The Labute approximate surface area is 94.0 Å². The van der Waals surface area contributed by atoms with Gasteiger partial charge in [-0.3, -0.25) is 4.79 Å². The Morgan fingerprint density at radius 2 is 2.50 bits per heavy atom. The summed E-state index contributed by atoms with van der Waals surface area (Å²) in [6.45, 7) is 1.51. The molecule has 1 saturated heterocycles. The van der Waals surface area contributed by atoms with Gasteiger partial charge in [0.2, 0.25) is 0 Å². The minimum absolute atomic E-state index is 0.0207. The fourth-order valence-electron chi connectivity index (χ4n) is 1.86. The molecule has 0 aromatic carbocycles. The highest BCUT2D eigenvalue weighted by Crippen LogP contribution is 2.05. The molecule has 1 aliphatic rings. The van der Waals surface area contributed by atoms with Crippen LogP contribution in [0.3, 0.4) is 0 Å². The number of amides is 1. The number of carbonyl (C=O) groups is 1. The largest absolute Gasteiger partial charge is 0.378 e. The monoisotopic (exact) mass is 224 g/mol. The molecule has 1 fully saturated rings. The number of nitrogens with one attached hydrogen (secondary N) is 2. The molecule has 0 saturated carbocycles. The Bertz CT molecular complexity index is 377. The maximum absolute atomic E-state index is 11.9. The fraction of sp³-hybridized carbons (Fsp3) is 0.600. The average Bonchev–Trinajstić information content (AvgIpc) is 2.86. The molecule has 88 valence electrons. The zero-order valence-corrected chi connectivity index (χ0v) is 9.43. The number of imidazole rings is 1. The smallest absolute Gasteiger partial charge is 0.269 e. The molecule has 2 atom stereocenters. The Morgan fingerprint density at radius 3 is 3.12 bits per heavy atom. The topological polar surface area (TPSA) is 68.2 Å². The summed E-state index contributed by atoms with van der Waals surface area (Å²) in [5.74, 6) is -0.115. The van der Waals surface area contributed by atoms with Crippen LogP contribution in [0.4, 0.5) is 0 Å². The standard InChI is InChI=1S/C10H16N4O2/c1-14-6-12-4-8(14)10(15)13-7-3-11-5-9(7)16-2/h4,6-7,9,11H,3,5H2,1-2H3,(H,13,15)/t7?,9-/m0/s1. The molecule has 2 rings (SSSR count). The van der Waals surface area contributed by atoms with Gasteiger partial charge in [0.1, 0.15) is 5.69 Å². The number of hydrogen-bond donors (Lipinski definition) is 2. The van der Waals surface area contributed by atoms with Gasteiger partial charge in [-0.25, -0.2) is 4.98 Å². The number of methoxy groups -OCH3 is 1. The molecule has 1 aromatic heterocycles. The van der Waals surface area contributed by atoms with Gasteiger partial charge in [0, 0.05) is 27.2 Å². The fourth-order valence-corrected chi connectivity index (χ4v) is 1.86. The summed E-state index contributed by atoms with van der Waals surface area (Å²) < 4.78 is 6.97. The number of rotatable bonds is 3. The lowest BCUT2D eigenvalue weighted by Crippen LogP contribution is -2.44. The number of ether oxygens (including phenoxy) is 1. The molecule has 0 spiro atoms. The van der Waals surface area contributed by atoms with Crippen LogP contribution in [0, 0.1) is 0 Å². The lowest BCUT2D eigenvalue weighted by atomic mass is 10.2. The number of carbonyl (C=O) groups excluding carboxylic acids is 1. The van der Waals surface area contributed by atoms with E-state index in [1.165, 1.54) is 0 Å². The third kappa shape index (κ3) is 2.07. The van der Waals surface area contributed by atoms with E-state index in [1.807, 2.05) is 0 Å². The Hall–Kier alpha value is -1.40. The first-order valence-corrected chi connectivity index (χ1v) is 5.23. The van der Waals surface area contributed by atoms with E-state index in [0.717, 1.165) is 13.1 Å². The first-order chi connectivity index (χ1) is 7.72. The molecular formula is C10H16N4O2. The highest BCUT2D eigenvalue weighted by atomic mass is 16.5. The van der Waals surface area contributed by atoms with Crippen LogP contribution in [0.2, 0.25) is 0 Å². The second-order valence-corrected chi connectivity index (χ2v) is 3.90. The van der Waals surface area contributed by atoms with E-state index in [1.54, 1.807) is 31.2 Å². The summed E-state index contributed by atoms with van der Waals surface area (Å²) in [7, 11) is 3.45. The number of aromatic nitrogens is 2. The maximum Gasteiger partial charge on any atom is 0.269 e. The van der Waals surface area contributed by atoms with Gasteiger partial charge in [-0.05, 0) is 0 Å². The second kappa shape index (κ2) is 4.63. The van der Waals surface area contributed by atoms with Gasteiger partial charge in [0.25, 0.3) is 5.91 Å². The third-order valence-electron chi connectivity index (χ3n) is 2.83. The number of hydrogen-bond acceptors (Lipinski definition) is 4. The van der Waals surface area contributed by atoms with Crippen molar-refractivity contribution in [2.45, 2.75) is 12.1 Å². The molecule has 0 bridgehead atoms. The molecule has 6 nitrogen and oxygen atoms in total. The summed E-state index contributed by atoms with van der Waals surface area (Å²) in [6.07, 6.45) is 3.20. The van der Waals surface area contributed by atoms with Crippen molar-refractivity contribution in [3.8, 4) is 0 Å². The van der Waals surface area contributed by atoms with Crippen LogP contribution in [-0.2, 0) is 11.8 Å². The van der Waals surface area contributed by atoms with E-state index >= 15 is 0 Å². The quantitative estimate of drug-likeness (QED) is 0.701. The van der Waals surface area contributed by atoms with Crippen LogP contribution in [0.1, 0.15) is 10.5 Å². The van der Waals surface area contributed by atoms with E-state index in [4.69, 9.17) is 4.74 Å². The zero-order chi connectivity index (χ0) is 11.5. The average molecular weight is 224 g/mol. The van der Waals surface area contributed by atoms with E-state index in [9.17, 15) is 4.79 Å². The van der Waals surface area contributed by atoms with Gasteiger partial charge < -0.3 is 19.9 Å². The van der Waals surface area contributed by atoms with E-state index in [2.05, 4.69) is 15.6 Å². The van der Waals surface area contributed by atoms with Crippen molar-refractivity contribution in [3.63, 3.8) is 0 Å². The lowest BCUT2D eigenvalue weighted by Gasteiger charge is -2.18. The molecule has 1 amide bonds. The van der Waals surface area contributed by atoms with Gasteiger partial charge in [-0.15, -0.1) is 0 Å². The molecule has 1 unspecified atom stereocenters. The summed E-state index contributed by atoms with van der Waals surface area (Å²) in [4.78, 5) is 15.8. The Balaban J connectivity index is 2.00. The van der Waals surface area contributed by atoms with Gasteiger partial charge in [0.15, 0.2) is 0 Å². The summed E-state index contributed by atoms with van der Waals surface area (Å²) in [5, 5.41) is 6.11. The number of aryl methyl sites for hydroxylation is 1. The predicted molar refractivity (Wildman–Crippen MR) is 58.1 cm³/mol. The first kappa shape index (κ1) is 11.1. The molecule has 1 aromatic rings. The van der Waals surface area contributed by atoms with Crippen molar-refractivity contribution >= 4 is 5.91 Å². The Morgan fingerprint density at radius 1 is 1.69 bits per heavy atom. The van der Waals surface area contributed by atoms with Crippen molar-refractivity contribution in [1.29, 1.82) is 0 Å². The third-order valence-corrected chi connectivity index (χ3v) is 2.83. The van der Waals surface area contributed by atoms with Crippen LogP contribution in [-0.4, -0.2) is 47.8 Å². The van der Waals surface area contributed by atoms with Crippen LogP contribution >= 0.6 is 0 Å². The zero-order valence-electron chi connectivity index (χ0n) is 9.43. The molecular weight excluding hydrogens is 208 g/mol. The van der Waals surface area contributed by atoms with Gasteiger partial charge in [-0.2, -0.15) is 0 Å². The Kier molecular flexibility index (Phi) is 3.21. The van der Waals surface area contributed by atoms with Crippen LogP contribution < -0.4 is 10.6 Å². The molecule has 1 aliphatic heterocycles. The molecule has 2 heterocycles. The molecule has 6 heteroatoms.